The molecule has 1 fully saturated rings. The lowest BCUT2D eigenvalue weighted by Crippen LogP contribution is -2.53. The van der Waals surface area contributed by atoms with Crippen molar-refractivity contribution in [2.24, 2.45) is 5.73 Å². The Bertz CT molecular complexity index is 207. The molecule has 0 heterocycles. The highest BCUT2D eigenvalue weighted by Gasteiger charge is 2.54. The third-order valence-corrected chi connectivity index (χ3v) is 4.15. The van der Waals surface area contributed by atoms with Gasteiger partial charge < -0.3 is 5.73 Å². The smallest absolute Gasteiger partial charge is 0.241 e. The van der Waals surface area contributed by atoms with Gasteiger partial charge in [0, 0.05) is 0 Å². The number of hydrogen-bond donors (Lipinski definition) is 1. The molecule has 1 atom stereocenters. The molecule has 1 rings (SSSR count). The molecule has 1 unspecified atom stereocenters. The predicted octanol–water partition coefficient (Wildman–Crippen LogP) is 2.20. The third kappa shape index (κ3) is 1.52. The molecule has 1 amide bonds. The molecule has 1 aliphatic rings. The van der Waals surface area contributed by atoms with Crippen molar-refractivity contribution < 1.29 is 4.79 Å². The van der Waals surface area contributed by atoms with Crippen molar-refractivity contribution in [3.63, 3.8) is 0 Å². The summed E-state index contributed by atoms with van der Waals surface area (Å²) >= 11 is 17.8. The SMILES string of the molecule is NC(=O)C1(Cl)CCCCC1(Cl)Cl. The van der Waals surface area contributed by atoms with Gasteiger partial charge in [0.1, 0.15) is 4.33 Å². The van der Waals surface area contributed by atoms with Crippen LogP contribution in [0.4, 0.5) is 0 Å². The van der Waals surface area contributed by atoms with Crippen LogP contribution in [0.3, 0.4) is 0 Å². The van der Waals surface area contributed by atoms with Gasteiger partial charge in [0.25, 0.3) is 0 Å². The van der Waals surface area contributed by atoms with E-state index in [0.717, 1.165) is 12.8 Å². The van der Waals surface area contributed by atoms with E-state index in [0.29, 0.717) is 12.8 Å². The number of primary amides is 1. The highest BCUT2D eigenvalue weighted by atomic mass is 35.5. The van der Waals surface area contributed by atoms with Crippen molar-refractivity contribution in [1.29, 1.82) is 0 Å². The largest absolute Gasteiger partial charge is 0.368 e. The molecular weight excluding hydrogens is 220 g/mol. The molecule has 0 radical (unpaired) electrons. The average molecular weight is 231 g/mol. The molecule has 0 aromatic rings. The summed E-state index contributed by atoms with van der Waals surface area (Å²) in [5.41, 5.74) is 5.14. The van der Waals surface area contributed by atoms with Gasteiger partial charge in [-0.2, -0.15) is 0 Å². The summed E-state index contributed by atoms with van der Waals surface area (Å²) in [5.74, 6) is -0.631. The van der Waals surface area contributed by atoms with Gasteiger partial charge in [-0.15, -0.1) is 11.6 Å². The molecular formula is C7H10Cl3NO. The Morgan fingerprint density at radius 2 is 1.67 bits per heavy atom. The first-order valence-corrected chi connectivity index (χ1v) is 4.90. The molecule has 1 aliphatic carbocycles. The number of alkyl halides is 3. The lowest BCUT2D eigenvalue weighted by Gasteiger charge is -2.39. The minimum atomic E-state index is -1.28. The molecule has 12 heavy (non-hydrogen) atoms. The van der Waals surface area contributed by atoms with Gasteiger partial charge in [0.05, 0.1) is 0 Å². The number of halogens is 3. The van der Waals surface area contributed by atoms with E-state index in [9.17, 15) is 4.79 Å². The van der Waals surface area contributed by atoms with E-state index in [-0.39, 0.29) is 0 Å². The molecule has 0 bridgehead atoms. The lowest BCUT2D eigenvalue weighted by atomic mass is 9.87. The van der Waals surface area contributed by atoms with E-state index in [1.807, 2.05) is 0 Å². The van der Waals surface area contributed by atoms with Crippen LogP contribution in [0.1, 0.15) is 25.7 Å². The lowest BCUT2D eigenvalue weighted by molar-refractivity contribution is -0.121. The second kappa shape index (κ2) is 3.24. The first-order valence-electron chi connectivity index (χ1n) is 3.77. The van der Waals surface area contributed by atoms with Crippen molar-refractivity contribution in [2.45, 2.75) is 34.9 Å². The monoisotopic (exact) mass is 229 g/mol. The molecule has 2 nitrogen and oxygen atoms in total. The summed E-state index contributed by atoms with van der Waals surface area (Å²) in [4.78, 5) is 9.73. The van der Waals surface area contributed by atoms with E-state index in [4.69, 9.17) is 40.5 Å². The molecule has 5 heteroatoms. The van der Waals surface area contributed by atoms with E-state index in [2.05, 4.69) is 0 Å². The number of carbonyl (C=O) groups excluding carboxylic acids is 1. The number of rotatable bonds is 1. The third-order valence-electron chi connectivity index (χ3n) is 2.23. The fraction of sp³-hybridized carbons (Fsp3) is 0.857. The van der Waals surface area contributed by atoms with Gasteiger partial charge >= 0.3 is 0 Å². The highest BCUT2D eigenvalue weighted by molar-refractivity contribution is 6.57. The Hall–Kier alpha value is 0.340. The van der Waals surface area contributed by atoms with Crippen molar-refractivity contribution in [2.75, 3.05) is 0 Å². The minimum absolute atomic E-state index is 0.455. The second-order valence-corrected chi connectivity index (χ2v) is 5.21. The zero-order valence-electron chi connectivity index (χ0n) is 6.45. The Balaban J connectivity index is 2.91. The molecule has 0 saturated heterocycles. The molecule has 0 aromatic carbocycles. The van der Waals surface area contributed by atoms with Crippen molar-refractivity contribution >= 4 is 40.7 Å². The van der Waals surface area contributed by atoms with Crippen molar-refractivity contribution in [3.05, 3.63) is 0 Å². The Morgan fingerprint density at radius 3 is 2.00 bits per heavy atom. The quantitative estimate of drug-likeness (QED) is 0.690. The molecule has 70 valence electrons. The number of hydrogen-bond acceptors (Lipinski definition) is 1. The van der Waals surface area contributed by atoms with E-state index >= 15 is 0 Å². The van der Waals surface area contributed by atoms with Gasteiger partial charge in [-0.3, -0.25) is 4.79 Å². The number of carbonyl (C=O) groups is 1. The van der Waals surface area contributed by atoms with E-state index < -0.39 is 15.1 Å². The van der Waals surface area contributed by atoms with Gasteiger partial charge in [-0.25, -0.2) is 0 Å². The molecule has 0 aliphatic heterocycles. The van der Waals surface area contributed by atoms with Crippen LogP contribution in [0.2, 0.25) is 0 Å². The number of amides is 1. The molecule has 2 N–H and O–H groups in total. The molecule has 1 saturated carbocycles. The van der Waals surface area contributed by atoms with Crippen LogP contribution in [0.15, 0.2) is 0 Å². The normalized spacial score (nSPS) is 34.6. The van der Waals surface area contributed by atoms with Crippen molar-refractivity contribution in [3.8, 4) is 0 Å². The fourth-order valence-electron chi connectivity index (χ4n) is 1.40. The zero-order valence-corrected chi connectivity index (χ0v) is 8.72. The zero-order chi connectivity index (χ0) is 9.41. The first kappa shape index (κ1) is 10.4. The fourth-order valence-corrected chi connectivity index (χ4v) is 2.27. The van der Waals surface area contributed by atoms with Crippen LogP contribution in [0, 0.1) is 0 Å². The van der Waals surface area contributed by atoms with E-state index in [1.54, 1.807) is 0 Å². The first-order chi connectivity index (χ1) is 5.40. The topological polar surface area (TPSA) is 43.1 Å². The molecule has 0 aromatic heterocycles. The summed E-state index contributed by atoms with van der Waals surface area (Å²) in [5, 5.41) is 0. The summed E-state index contributed by atoms with van der Waals surface area (Å²) in [6.07, 6.45) is 2.70. The predicted molar refractivity (Wildman–Crippen MR) is 50.7 cm³/mol. The van der Waals surface area contributed by atoms with Gasteiger partial charge in [0.2, 0.25) is 5.91 Å². The molecule has 0 spiro atoms. The average Bonchev–Trinajstić information content (AvgIpc) is 1.95. The van der Waals surface area contributed by atoms with Crippen LogP contribution < -0.4 is 5.73 Å². The maximum Gasteiger partial charge on any atom is 0.241 e. The summed E-state index contributed by atoms with van der Waals surface area (Å²) in [6, 6.07) is 0. The van der Waals surface area contributed by atoms with E-state index in [1.165, 1.54) is 0 Å². The Labute approximate surface area is 86.3 Å². The van der Waals surface area contributed by atoms with Crippen LogP contribution in [-0.2, 0) is 4.79 Å². The van der Waals surface area contributed by atoms with Crippen LogP contribution in [0.25, 0.3) is 0 Å². The summed E-state index contributed by atoms with van der Waals surface area (Å²) in [7, 11) is 0. The minimum Gasteiger partial charge on any atom is -0.368 e. The Kier molecular flexibility index (Phi) is 2.81. The second-order valence-electron chi connectivity index (χ2n) is 3.08. The summed E-state index contributed by atoms with van der Waals surface area (Å²) in [6.45, 7) is 0. The maximum atomic E-state index is 11.0. The van der Waals surface area contributed by atoms with Gasteiger partial charge in [-0.05, 0) is 12.8 Å². The van der Waals surface area contributed by atoms with Crippen LogP contribution >= 0.6 is 34.8 Å². The summed E-state index contributed by atoms with van der Waals surface area (Å²) < 4.78 is -1.21. The van der Waals surface area contributed by atoms with Crippen LogP contribution in [0.5, 0.6) is 0 Å². The van der Waals surface area contributed by atoms with Crippen molar-refractivity contribution in [1.82, 2.24) is 0 Å². The standard InChI is InChI=1S/C7H10Cl3NO/c8-6(5(11)12)3-1-2-4-7(6,9)10/h1-4H2,(H2,11,12). The van der Waals surface area contributed by atoms with Gasteiger partial charge in [0.15, 0.2) is 4.87 Å². The highest BCUT2D eigenvalue weighted by Crippen LogP contribution is 2.49. The van der Waals surface area contributed by atoms with Gasteiger partial charge in [-0.1, -0.05) is 36.0 Å². The Morgan fingerprint density at radius 1 is 1.17 bits per heavy atom. The maximum absolute atomic E-state index is 11.0. The number of nitrogens with two attached hydrogens (primary N) is 1. The van der Waals surface area contributed by atoms with Crippen LogP contribution in [-0.4, -0.2) is 15.1 Å².